The molecule has 0 aromatic heterocycles. The summed E-state index contributed by atoms with van der Waals surface area (Å²) in [6, 6.07) is 0. The van der Waals surface area contributed by atoms with E-state index in [-0.39, 0.29) is 19.4 Å². The molecule has 0 aliphatic carbocycles. The van der Waals surface area contributed by atoms with Crippen LogP contribution in [0.2, 0.25) is 0 Å². The molecular weight excluding hydrogens is 302 g/mol. The summed E-state index contributed by atoms with van der Waals surface area (Å²) < 4.78 is 9.68. The summed E-state index contributed by atoms with van der Waals surface area (Å²) in [5.41, 5.74) is 0. The van der Waals surface area contributed by atoms with Crippen LogP contribution in [0, 0.1) is 16.0 Å². The molecule has 1 saturated heterocycles. The number of nitro groups is 1. The maximum Gasteiger partial charge on any atom is 0.306 e. The van der Waals surface area contributed by atoms with Crippen molar-refractivity contribution in [3.05, 3.63) is 10.1 Å². The van der Waals surface area contributed by atoms with Crippen molar-refractivity contribution in [1.82, 2.24) is 0 Å². The van der Waals surface area contributed by atoms with Gasteiger partial charge in [0.1, 0.15) is 18.3 Å². The average molecular weight is 323 g/mol. The van der Waals surface area contributed by atoms with Crippen molar-refractivity contribution in [2.24, 2.45) is 5.92 Å². The maximum absolute atomic E-state index is 11.5. The minimum absolute atomic E-state index is 0.135. The molecule has 1 rings (SSSR count). The SMILES string of the molecule is CCOC(=O)CC(CC1O[C@H](O)[C@@H](O)[C@@H](O)[C@H]1O)C[N+](=O)[O-]. The highest BCUT2D eigenvalue weighted by Gasteiger charge is 2.44. The van der Waals surface area contributed by atoms with Gasteiger partial charge >= 0.3 is 5.97 Å². The van der Waals surface area contributed by atoms with Crippen LogP contribution < -0.4 is 0 Å². The van der Waals surface area contributed by atoms with Crippen molar-refractivity contribution >= 4 is 5.97 Å². The van der Waals surface area contributed by atoms with E-state index in [0.29, 0.717) is 0 Å². The lowest BCUT2D eigenvalue weighted by Crippen LogP contribution is -2.57. The molecule has 1 fully saturated rings. The zero-order valence-electron chi connectivity index (χ0n) is 12.1. The Hall–Kier alpha value is -1.33. The molecular formula is C12H21NO9. The van der Waals surface area contributed by atoms with Crippen molar-refractivity contribution < 1.29 is 39.6 Å². The molecule has 0 bridgehead atoms. The number of ether oxygens (including phenoxy) is 2. The molecule has 1 aliphatic heterocycles. The fraction of sp³-hybridized carbons (Fsp3) is 0.917. The Labute approximate surface area is 126 Å². The first-order valence-electron chi connectivity index (χ1n) is 6.91. The van der Waals surface area contributed by atoms with Gasteiger partial charge in [0, 0.05) is 10.8 Å². The van der Waals surface area contributed by atoms with Crippen LogP contribution in [0.5, 0.6) is 0 Å². The summed E-state index contributed by atoms with van der Waals surface area (Å²) in [5.74, 6) is -1.43. The zero-order valence-corrected chi connectivity index (χ0v) is 12.1. The number of aliphatic hydroxyl groups is 4. The van der Waals surface area contributed by atoms with Crippen LogP contribution in [0.4, 0.5) is 0 Å². The van der Waals surface area contributed by atoms with Crippen LogP contribution in [-0.4, -0.2) is 75.2 Å². The van der Waals surface area contributed by atoms with E-state index in [1.165, 1.54) is 0 Å². The molecule has 128 valence electrons. The molecule has 10 heteroatoms. The lowest BCUT2D eigenvalue weighted by molar-refractivity contribution is -0.489. The van der Waals surface area contributed by atoms with Crippen LogP contribution >= 0.6 is 0 Å². The Morgan fingerprint density at radius 1 is 1.27 bits per heavy atom. The summed E-state index contributed by atoms with van der Waals surface area (Å²) in [6.07, 6.45) is -8.12. The largest absolute Gasteiger partial charge is 0.466 e. The predicted molar refractivity (Wildman–Crippen MR) is 70.1 cm³/mol. The topological polar surface area (TPSA) is 160 Å². The molecule has 0 spiro atoms. The smallest absolute Gasteiger partial charge is 0.306 e. The third-order valence-electron chi connectivity index (χ3n) is 3.42. The molecule has 2 unspecified atom stereocenters. The monoisotopic (exact) mass is 323 g/mol. The second kappa shape index (κ2) is 8.34. The number of hydrogen-bond acceptors (Lipinski definition) is 9. The predicted octanol–water partition coefficient (Wildman–Crippen LogP) is -1.98. The van der Waals surface area contributed by atoms with Crippen molar-refractivity contribution in [3.8, 4) is 0 Å². The Kier molecular flexibility index (Phi) is 7.10. The fourth-order valence-corrected chi connectivity index (χ4v) is 2.34. The minimum Gasteiger partial charge on any atom is -0.466 e. The summed E-state index contributed by atoms with van der Waals surface area (Å²) >= 11 is 0. The first-order chi connectivity index (χ1) is 10.3. The van der Waals surface area contributed by atoms with E-state index in [0.717, 1.165) is 0 Å². The second-order valence-electron chi connectivity index (χ2n) is 5.16. The molecule has 0 saturated carbocycles. The van der Waals surface area contributed by atoms with Crippen molar-refractivity contribution in [2.45, 2.75) is 50.5 Å². The van der Waals surface area contributed by atoms with Crippen LogP contribution in [0.25, 0.3) is 0 Å². The van der Waals surface area contributed by atoms with Crippen LogP contribution in [0.15, 0.2) is 0 Å². The van der Waals surface area contributed by atoms with E-state index in [2.05, 4.69) is 0 Å². The third-order valence-corrected chi connectivity index (χ3v) is 3.42. The van der Waals surface area contributed by atoms with Crippen molar-refractivity contribution in [2.75, 3.05) is 13.2 Å². The van der Waals surface area contributed by atoms with Gasteiger partial charge in [0.15, 0.2) is 6.29 Å². The first kappa shape index (κ1) is 18.7. The molecule has 10 nitrogen and oxygen atoms in total. The number of carbonyl (C=O) groups excluding carboxylic acids is 1. The van der Waals surface area contributed by atoms with E-state index in [1.54, 1.807) is 6.92 Å². The van der Waals surface area contributed by atoms with E-state index in [4.69, 9.17) is 9.47 Å². The summed E-state index contributed by atoms with van der Waals surface area (Å²) in [4.78, 5) is 21.5. The highest BCUT2D eigenvalue weighted by molar-refractivity contribution is 5.69. The fourth-order valence-electron chi connectivity index (χ4n) is 2.34. The molecule has 6 atom stereocenters. The zero-order chi connectivity index (χ0) is 16.9. The third kappa shape index (κ3) is 5.14. The molecule has 0 aromatic carbocycles. The highest BCUT2D eigenvalue weighted by Crippen LogP contribution is 2.26. The number of rotatable bonds is 7. The molecule has 22 heavy (non-hydrogen) atoms. The minimum atomic E-state index is -1.72. The Morgan fingerprint density at radius 2 is 1.91 bits per heavy atom. The van der Waals surface area contributed by atoms with E-state index >= 15 is 0 Å². The molecule has 0 aromatic rings. The lowest BCUT2D eigenvalue weighted by atomic mass is 9.90. The molecule has 0 radical (unpaired) electrons. The standard InChI is InChI=1S/C12H21NO9/c1-2-21-8(14)4-6(5-13(19)20)3-7-9(15)10(16)11(17)12(18)22-7/h6-7,9-12,15-18H,2-5H2,1H3/t6?,7?,9-,10-,11-,12-/m0/s1. The highest BCUT2D eigenvalue weighted by atomic mass is 16.6. The molecule has 1 aliphatic rings. The van der Waals surface area contributed by atoms with Gasteiger partial charge in [-0.1, -0.05) is 0 Å². The average Bonchev–Trinajstić information content (AvgIpc) is 2.42. The van der Waals surface area contributed by atoms with E-state index in [9.17, 15) is 35.3 Å². The number of esters is 1. The lowest BCUT2D eigenvalue weighted by Gasteiger charge is -2.39. The first-order valence-corrected chi connectivity index (χ1v) is 6.91. The maximum atomic E-state index is 11.5. The van der Waals surface area contributed by atoms with E-state index < -0.39 is 54.1 Å². The molecule has 0 amide bonds. The van der Waals surface area contributed by atoms with Gasteiger partial charge in [0.05, 0.1) is 19.1 Å². The van der Waals surface area contributed by atoms with Gasteiger partial charge in [-0.15, -0.1) is 0 Å². The normalized spacial score (nSPS) is 33.2. The van der Waals surface area contributed by atoms with Gasteiger partial charge in [0.25, 0.3) is 0 Å². The quantitative estimate of drug-likeness (QED) is 0.236. The van der Waals surface area contributed by atoms with Crippen molar-refractivity contribution in [3.63, 3.8) is 0 Å². The second-order valence-corrected chi connectivity index (χ2v) is 5.16. The van der Waals surface area contributed by atoms with Gasteiger partial charge in [-0.25, -0.2) is 0 Å². The summed E-state index contributed by atoms with van der Waals surface area (Å²) in [7, 11) is 0. The Bertz CT molecular complexity index is 391. The Morgan fingerprint density at radius 3 is 2.45 bits per heavy atom. The number of carbonyl (C=O) groups is 1. The Balaban J connectivity index is 2.71. The van der Waals surface area contributed by atoms with Gasteiger partial charge in [-0.05, 0) is 13.3 Å². The van der Waals surface area contributed by atoms with Gasteiger partial charge < -0.3 is 29.9 Å². The summed E-state index contributed by atoms with van der Waals surface area (Å²) in [5, 5.41) is 48.9. The van der Waals surface area contributed by atoms with Crippen molar-refractivity contribution in [1.29, 1.82) is 0 Å². The van der Waals surface area contributed by atoms with Crippen LogP contribution in [0.1, 0.15) is 19.8 Å². The molecule has 4 N–H and O–H groups in total. The number of nitrogens with zero attached hydrogens (tertiary/aromatic N) is 1. The van der Waals surface area contributed by atoms with Gasteiger partial charge in [-0.2, -0.15) is 0 Å². The van der Waals surface area contributed by atoms with Gasteiger partial charge in [-0.3, -0.25) is 14.9 Å². The van der Waals surface area contributed by atoms with Crippen LogP contribution in [0.3, 0.4) is 0 Å². The number of hydrogen-bond donors (Lipinski definition) is 4. The summed E-state index contributed by atoms with van der Waals surface area (Å²) in [6.45, 7) is 1.18. The van der Waals surface area contributed by atoms with Gasteiger partial charge in [0.2, 0.25) is 6.54 Å². The number of aliphatic hydroxyl groups excluding tert-OH is 4. The van der Waals surface area contributed by atoms with Crippen LogP contribution in [-0.2, 0) is 14.3 Å². The molecule has 1 heterocycles. The van der Waals surface area contributed by atoms with E-state index in [1.807, 2.05) is 0 Å².